The zero-order valence-corrected chi connectivity index (χ0v) is 10.1. The molecule has 0 saturated carbocycles. The topological polar surface area (TPSA) is 30.2 Å². The van der Waals surface area contributed by atoms with Gasteiger partial charge in [0.05, 0.1) is 0 Å². The second-order valence-corrected chi connectivity index (χ2v) is 4.62. The molecule has 0 aliphatic carbocycles. The van der Waals surface area contributed by atoms with E-state index in [4.69, 9.17) is 4.42 Å². The summed E-state index contributed by atoms with van der Waals surface area (Å²) in [6.45, 7) is 0. The molecular formula is C17H10O2. The Balaban J connectivity index is 2.36. The van der Waals surface area contributed by atoms with E-state index in [2.05, 4.69) is 24.3 Å². The molecule has 1 aromatic heterocycles. The van der Waals surface area contributed by atoms with E-state index in [-0.39, 0.29) is 5.63 Å². The SMILES string of the molecule is O=c1ccc2c(ccc3ccc4ccccc4c32)o1. The molecule has 0 saturated heterocycles. The Bertz CT molecular complexity index is 980. The van der Waals surface area contributed by atoms with E-state index in [9.17, 15) is 4.79 Å². The van der Waals surface area contributed by atoms with Crippen LogP contribution in [0.5, 0.6) is 0 Å². The maximum Gasteiger partial charge on any atom is 0.336 e. The lowest BCUT2D eigenvalue weighted by atomic mass is 9.99. The van der Waals surface area contributed by atoms with Gasteiger partial charge in [-0.1, -0.05) is 42.5 Å². The van der Waals surface area contributed by atoms with E-state index in [1.807, 2.05) is 30.3 Å². The molecule has 3 aromatic carbocycles. The summed E-state index contributed by atoms with van der Waals surface area (Å²) in [5, 5.41) is 5.64. The molecule has 2 nitrogen and oxygen atoms in total. The summed E-state index contributed by atoms with van der Waals surface area (Å²) in [7, 11) is 0. The summed E-state index contributed by atoms with van der Waals surface area (Å²) >= 11 is 0. The maximum atomic E-state index is 11.3. The molecule has 0 N–H and O–H groups in total. The first-order chi connectivity index (χ1) is 9.33. The minimum atomic E-state index is -0.313. The van der Waals surface area contributed by atoms with Crippen molar-refractivity contribution in [2.45, 2.75) is 0 Å². The Morgan fingerprint density at radius 2 is 1.47 bits per heavy atom. The van der Waals surface area contributed by atoms with Gasteiger partial charge in [0.25, 0.3) is 0 Å². The predicted octanol–water partition coefficient (Wildman–Crippen LogP) is 4.10. The number of benzene rings is 3. The minimum absolute atomic E-state index is 0.313. The zero-order chi connectivity index (χ0) is 12.8. The Morgan fingerprint density at radius 3 is 2.42 bits per heavy atom. The summed E-state index contributed by atoms with van der Waals surface area (Å²) in [5.41, 5.74) is 0.323. The van der Waals surface area contributed by atoms with Crippen LogP contribution in [0.1, 0.15) is 0 Å². The third-order valence-corrected chi connectivity index (χ3v) is 3.51. The van der Waals surface area contributed by atoms with Crippen LogP contribution >= 0.6 is 0 Å². The van der Waals surface area contributed by atoms with Gasteiger partial charge in [-0.2, -0.15) is 0 Å². The molecule has 4 rings (SSSR count). The van der Waals surface area contributed by atoms with Crippen LogP contribution in [0.4, 0.5) is 0 Å². The summed E-state index contributed by atoms with van der Waals surface area (Å²) in [4.78, 5) is 11.3. The summed E-state index contributed by atoms with van der Waals surface area (Å²) in [5.74, 6) is 0. The fraction of sp³-hybridized carbons (Fsp3) is 0. The van der Waals surface area contributed by atoms with Crippen molar-refractivity contribution >= 4 is 32.5 Å². The molecule has 0 aliphatic rings. The van der Waals surface area contributed by atoms with Crippen LogP contribution in [0, 0.1) is 0 Å². The molecule has 0 aliphatic heterocycles. The van der Waals surface area contributed by atoms with Gasteiger partial charge in [-0.25, -0.2) is 4.79 Å². The number of hydrogen-bond acceptors (Lipinski definition) is 2. The van der Waals surface area contributed by atoms with E-state index in [1.54, 1.807) is 0 Å². The smallest absolute Gasteiger partial charge is 0.336 e. The molecule has 0 amide bonds. The molecular weight excluding hydrogens is 236 g/mol. The molecule has 0 spiro atoms. The van der Waals surface area contributed by atoms with Crippen LogP contribution in [0.15, 0.2) is 69.9 Å². The predicted molar refractivity (Wildman–Crippen MR) is 77.5 cm³/mol. The van der Waals surface area contributed by atoms with Gasteiger partial charge in [-0.15, -0.1) is 0 Å². The molecule has 0 radical (unpaired) electrons. The van der Waals surface area contributed by atoms with Gasteiger partial charge >= 0.3 is 5.63 Å². The quantitative estimate of drug-likeness (QED) is 0.345. The molecule has 0 unspecified atom stereocenters. The molecule has 0 fully saturated rings. The zero-order valence-electron chi connectivity index (χ0n) is 10.1. The van der Waals surface area contributed by atoms with E-state index in [1.165, 1.54) is 16.8 Å². The second kappa shape index (κ2) is 3.69. The van der Waals surface area contributed by atoms with Gasteiger partial charge in [0.2, 0.25) is 0 Å². The van der Waals surface area contributed by atoms with Gasteiger partial charge in [0.15, 0.2) is 0 Å². The Morgan fingerprint density at radius 1 is 0.684 bits per heavy atom. The molecule has 2 heteroatoms. The Hall–Kier alpha value is -2.61. The largest absolute Gasteiger partial charge is 0.423 e. The first kappa shape index (κ1) is 10.3. The number of rotatable bonds is 0. The van der Waals surface area contributed by atoms with E-state index >= 15 is 0 Å². The maximum absolute atomic E-state index is 11.3. The van der Waals surface area contributed by atoms with Crippen molar-refractivity contribution in [1.29, 1.82) is 0 Å². The third kappa shape index (κ3) is 1.47. The third-order valence-electron chi connectivity index (χ3n) is 3.51. The lowest BCUT2D eigenvalue weighted by molar-refractivity contribution is 0.561. The van der Waals surface area contributed by atoms with Crippen molar-refractivity contribution in [2.75, 3.05) is 0 Å². The molecule has 90 valence electrons. The first-order valence-corrected chi connectivity index (χ1v) is 6.17. The molecule has 19 heavy (non-hydrogen) atoms. The van der Waals surface area contributed by atoms with Crippen molar-refractivity contribution in [1.82, 2.24) is 0 Å². The highest BCUT2D eigenvalue weighted by Gasteiger charge is 2.06. The second-order valence-electron chi connectivity index (χ2n) is 4.62. The van der Waals surface area contributed by atoms with Crippen molar-refractivity contribution < 1.29 is 4.42 Å². The van der Waals surface area contributed by atoms with Crippen LogP contribution in [0.25, 0.3) is 32.5 Å². The average Bonchev–Trinajstić information content (AvgIpc) is 2.46. The molecule has 1 heterocycles. The van der Waals surface area contributed by atoms with Crippen molar-refractivity contribution in [3.63, 3.8) is 0 Å². The average molecular weight is 246 g/mol. The Labute approximate surface area is 108 Å². The van der Waals surface area contributed by atoms with Gasteiger partial charge in [0.1, 0.15) is 5.58 Å². The molecule has 4 aromatic rings. The summed E-state index contributed by atoms with van der Waals surface area (Å²) < 4.78 is 5.26. The van der Waals surface area contributed by atoms with Crippen molar-refractivity contribution in [2.24, 2.45) is 0 Å². The normalized spacial score (nSPS) is 11.4. The van der Waals surface area contributed by atoms with Gasteiger partial charge in [0, 0.05) is 16.8 Å². The van der Waals surface area contributed by atoms with Crippen LogP contribution < -0.4 is 5.63 Å². The van der Waals surface area contributed by atoms with Crippen LogP contribution in [-0.4, -0.2) is 0 Å². The lowest BCUT2D eigenvalue weighted by Gasteiger charge is -2.06. The monoisotopic (exact) mass is 246 g/mol. The summed E-state index contributed by atoms with van der Waals surface area (Å²) in [6, 6.07) is 19.6. The Kier molecular flexibility index (Phi) is 2.00. The molecule has 0 bridgehead atoms. The highest BCUT2D eigenvalue weighted by Crippen LogP contribution is 2.31. The van der Waals surface area contributed by atoms with Crippen LogP contribution in [0.2, 0.25) is 0 Å². The summed E-state index contributed by atoms with van der Waals surface area (Å²) in [6.07, 6.45) is 0. The van der Waals surface area contributed by atoms with Crippen LogP contribution in [0.3, 0.4) is 0 Å². The minimum Gasteiger partial charge on any atom is -0.423 e. The van der Waals surface area contributed by atoms with E-state index in [0.717, 1.165) is 16.2 Å². The van der Waals surface area contributed by atoms with Crippen molar-refractivity contribution in [3.05, 3.63) is 71.1 Å². The van der Waals surface area contributed by atoms with E-state index in [0.29, 0.717) is 5.58 Å². The lowest BCUT2D eigenvalue weighted by Crippen LogP contribution is -1.94. The first-order valence-electron chi connectivity index (χ1n) is 6.17. The molecule has 0 atom stereocenters. The van der Waals surface area contributed by atoms with Gasteiger partial charge in [-0.3, -0.25) is 0 Å². The highest BCUT2D eigenvalue weighted by atomic mass is 16.4. The van der Waals surface area contributed by atoms with Crippen LogP contribution in [-0.2, 0) is 0 Å². The van der Waals surface area contributed by atoms with Gasteiger partial charge < -0.3 is 4.42 Å². The number of hydrogen-bond donors (Lipinski definition) is 0. The standard InChI is InChI=1S/C17H10O2/c18-16-10-8-14-15(19-16)9-7-12-6-5-11-3-1-2-4-13(11)17(12)14/h1-10H. The fourth-order valence-electron chi connectivity index (χ4n) is 2.65. The van der Waals surface area contributed by atoms with Gasteiger partial charge in [-0.05, 0) is 28.3 Å². The fourth-order valence-corrected chi connectivity index (χ4v) is 2.65. The number of fused-ring (bicyclic) bond motifs is 5. The van der Waals surface area contributed by atoms with E-state index < -0.39 is 0 Å². The highest BCUT2D eigenvalue weighted by molar-refractivity contribution is 6.19. The van der Waals surface area contributed by atoms with Crippen molar-refractivity contribution in [3.8, 4) is 0 Å².